The highest BCUT2D eigenvalue weighted by Gasteiger charge is 2.20. The fourth-order valence-electron chi connectivity index (χ4n) is 3.80. The lowest BCUT2D eigenvalue weighted by Gasteiger charge is -2.28. The maximum atomic E-state index is 6.27. The first-order valence-electron chi connectivity index (χ1n) is 9.73. The van der Waals surface area contributed by atoms with Crippen LogP contribution in [0, 0.1) is 6.92 Å². The zero-order valence-corrected chi connectivity index (χ0v) is 16.9. The number of nitrogens with zero attached hydrogens (tertiary/aromatic N) is 5. The molecule has 5 rings (SSSR count). The first-order valence-corrected chi connectivity index (χ1v) is 10.1. The zero-order chi connectivity index (χ0) is 19.8. The monoisotopic (exact) mass is 404 g/mol. The standard InChI is InChI=1S/C22H21ClN6/c1-15-13-19(28-11-9-25-10-12-28)26-22-20(15)27-21(16-3-2-4-17(23)14-16)29(22)18-5-7-24-8-6-18/h2-8,13-14,25H,9-12H2,1H3. The molecule has 1 fully saturated rings. The van der Waals surface area contributed by atoms with E-state index >= 15 is 0 Å². The van der Waals surface area contributed by atoms with Gasteiger partial charge in [-0.15, -0.1) is 0 Å². The molecule has 1 aromatic carbocycles. The van der Waals surface area contributed by atoms with E-state index in [1.54, 1.807) is 12.4 Å². The molecule has 0 saturated carbocycles. The molecule has 0 radical (unpaired) electrons. The summed E-state index contributed by atoms with van der Waals surface area (Å²) in [4.78, 5) is 16.5. The van der Waals surface area contributed by atoms with Crippen LogP contribution in [0.4, 0.5) is 5.82 Å². The summed E-state index contributed by atoms with van der Waals surface area (Å²) in [5, 5.41) is 4.08. The van der Waals surface area contributed by atoms with E-state index in [9.17, 15) is 0 Å². The summed E-state index contributed by atoms with van der Waals surface area (Å²) in [6.07, 6.45) is 3.58. The van der Waals surface area contributed by atoms with Gasteiger partial charge in [0.25, 0.3) is 0 Å². The number of piperazine rings is 1. The topological polar surface area (TPSA) is 58.9 Å². The molecular formula is C22H21ClN6. The van der Waals surface area contributed by atoms with Gasteiger partial charge < -0.3 is 10.2 Å². The number of aromatic nitrogens is 4. The van der Waals surface area contributed by atoms with Gasteiger partial charge in [0.15, 0.2) is 5.65 Å². The number of fused-ring (bicyclic) bond motifs is 1. The number of hydrogen-bond donors (Lipinski definition) is 1. The molecule has 0 spiro atoms. The Balaban J connectivity index is 1.77. The van der Waals surface area contributed by atoms with E-state index in [4.69, 9.17) is 21.6 Å². The fraction of sp³-hybridized carbons (Fsp3) is 0.227. The largest absolute Gasteiger partial charge is 0.354 e. The third-order valence-electron chi connectivity index (χ3n) is 5.24. The molecule has 0 amide bonds. The second-order valence-electron chi connectivity index (χ2n) is 7.19. The van der Waals surface area contributed by atoms with Crippen LogP contribution in [0.25, 0.3) is 28.2 Å². The van der Waals surface area contributed by atoms with Gasteiger partial charge in [0.05, 0.1) is 5.69 Å². The normalized spacial score (nSPS) is 14.5. The van der Waals surface area contributed by atoms with Gasteiger partial charge in [-0.05, 0) is 42.8 Å². The Labute approximate surface area is 174 Å². The summed E-state index contributed by atoms with van der Waals surface area (Å²) < 4.78 is 2.10. The number of halogens is 1. The Morgan fingerprint density at radius 3 is 2.55 bits per heavy atom. The van der Waals surface area contributed by atoms with Crippen molar-refractivity contribution in [3.8, 4) is 17.1 Å². The minimum Gasteiger partial charge on any atom is -0.354 e. The molecule has 3 aromatic heterocycles. The van der Waals surface area contributed by atoms with Crippen LogP contribution < -0.4 is 10.2 Å². The molecule has 7 heteroatoms. The number of anilines is 1. The van der Waals surface area contributed by atoms with E-state index < -0.39 is 0 Å². The van der Waals surface area contributed by atoms with Crippen molar-refractivity contribution < 1.29 is 0 Å². The highest BCUT2D eigenvalue weighted by atomic mass is 35.5. The number of benzene rings is 1. The first-order chi connectivity index (χ1) is 14.2. The molecule has 6 nitrogen and oxygen atoms in total. The number of hydrogen-bond acceptors (Lipinski definition) is 5. The van der Waals surface area contributed by atoms with Gasteiger partial charge >= 0.3 is 0 Å². The molecule has 29 heavy (non-hydrogen) atoms. The quantitative estimate of drug-likeness (QED) is 0.562. The zero-order valence-electron chi connectivity index (χ0n) is 16.1. The Morgan fingerprint density at radius 1 is 1.00 bits per heavy atom. The van der Waals surface area contributed by atoms with Crippen LogP contribution in [-0.4, -0.2) is 45.7 Å². The molecule has 0 atom stereocenters. The van der Waals surface area contributed by atoms with Gasteiger partial charge in [-0.25, -0.2) is 9.97 Å². The third kappa shape index (κ3) is 3.34. The van der Waals surface area contributed by atoms with E-state index in [0.29, 0.717) is 5.02 Å². The molecule has 0 unspecified atom stereocenters. The van der Waals surface area contributed by atoms with Crippen molar-refractivity contribution in [3.63, 3.8) is 0 Å². The maximum Gasteiger partial charge on any atom is 0.167 e. The summed E-state index contributed by atoms with van der Waals surface area (Å²) in [6.45, 7) is 5.93. The smallest absolute Gasteiger partial charge is 0.167 e. The van der Waals surface area contributed by atoms with Crippen LogP contribution in [0.2, 0.25) is 5.02 Å². The Kier molecular flexibility index (Phi) is 4.66. The average molecular weight is 405 g/mol. The van der Waals surface area contributed by atoms with Crippen LogP contribution in [0.3, 0.4) is 0 Å². The van der Waals surface area contributed by atoms with E-state index in [2.05, 4.69) is 32.8 Å². The third-order valence-corrected chi connectivity index (χ3v) is 5.47. The Bertz CT molecular complexity index is 1160. The minimum atomic E-state index is 0.682. The second-order valence-corrected chi connectivity index (χ2v) is 7.63. The van der Waals surface area contributed by atoms with Crippen molar-refractivity contribution in [2.24, 2.45) is 0 Å². The van der Waals surface area contributed by atoms with Gasteiger partial charge in [-0.3, -0.25) is 9.55 Å². The molecule has 4 aromatic rings. The number of aryl methyl sites for hydroxylation is 1. The van der Waals surface area contributed by atoms with Crippen LogP contribution in [0.5, 0.6) is 0 Å². The van der Waals surface area contributed by atoms with Gasteiger partial charge in [0, 0.05) is 49.2 Å². The molecule has 0 bridgehead atoms. The summed E-state index contributed by atoms with van der Waals surface area (Å²) in [6, 6.07) is 13.9. The van der Waals surface area contributed by atoms with Crippen molar-refractivity contribution >= 4 is 28.6 Å². The van der Waals surface area contributed by atoms with Gasteiger partial charge in [-0.1, -0.05) is 23.7 Å². The average Bonchev–Trinajstić information content (AvgIpc) is 3.15. The lowest BCUT2D eigenvalue weighted by Crippen LogP contribution is -2.43. The molecule has 1 aliphatic rings. The van der Waals surface area contributed by atoms with Crippen LogP contribution in [-0.2, 0) is 0 Å². The molecule has 0 aliphatic carbocycles. The van der Waals surface area contributed by atoms with Gasteiger partial charge in [0.2, 0.25) is 0 Å². The van der Waals surface area contributed by atoms with Crippen LogP contribution >= 0.6 is 11.6 Å². The summed E-state index contributed by atoms with van der Waals surface area (Å²) in [5.41, 5.74) is 4.78. The summed E-state index contributed by atoms with van der Waals surface area (Å²) >= 11 is 6.27. The summed E-state index contributed by atoms with van der Waals surface area (Å²) in [7, 11) is 0. The maximum absolute atomic E-state index is 6.27. The predicted molar refractivity (Wildman–Crippen MR) is 117 cm³/mol. The lowest BCUT2D eigenvalue weighted by atomic mass is 10.2. The van der Waals surface area contributed by atoms with E-state index in [1.165, 1.54) is 0 Å². The Morgan fingerprint density at radius 2 is 1.79 bits per heavy atom. The first kappa shape index (κ1) is 18.1. The number of rotatable bonds is 3. The van der Waals surface area contributed by atoms with Gasteiger partial charge in [0.1, 0.15) is 17.2 Å². The fourth-order valence-corrected chi connectivity index (χ4v) is 3.99. The molecule has 4 heterocycles. The molecule has 1 saturated heterocycles. The number of nitrogens with one attached hydrogen (secondary N) is 1. The Hall–Kier alpha value is -2.96. The molecule has 1 aliphatic heterocycles. The van der Waals surface area contributed by atoms with Gasteiger partial charge in [-0.2, -0.15) is 0 Å². The number of pyridine rings is 2. The van der Waals surface area contributed by atoms with Crippen molar-refractivity contribution in [3.05, 3.63) is 65.4 Å². The second kappa shape index (κ2) is 7.46. The van der Waals surface area contributed by atoms with Crippen molar-refractivity contribution in [2.45, 2.75) is 6.92 Å². The van der Waals surface area contributed by atoms with Crippen LogP contribution in [0.1, 0.15) is 5.56 Å². The minimum absolute atomic E-state index is 0.682. The number of imidazole rings is 1. The van der Waals surface area contributed by atoms with Crippen molar-refractivity contribution in [1.29, 1.82) is 0 Å². The molecular weight excluding hydrogens is 384 g/mol. The van der Waals surface area contributed by atoms with E-state index in [-0.39, 0.29) is 0 Å². The van der Waals surface area contributed by atoms with E-state index in [1.807, 2.05) is 36.4 Å². The summed E-state index contributed by atoms with van der Waals surface area (Å²) in [5.74, 6) is 1.81. The van der Waals surface area contributed by atoms with E-state index in [0.717, 1.165) is 65.8 Å². The molecule has 146 valence electrons. The SMILES string of the molecule is Cc1cc(N2CCNCC2)nc2c1nc(-c1cccc(Cl)c1)n2-c1ccncc1. The van der Waals surface area contributed by atoms with Crippen LogP contribution in [0.15, 0.2) is 54.9 Å². The highest BCUT2D eigenvalue weighted by Crippen LogP contribution is 2.32. The van der Waals surface area contributed by atoms with Crippen molar-refractivity contribution in [1.82, 2.24) is 24.8 Å². The predicted octanol–water partition coefficient (Wildman–Crippen LogP) is 3.85. The molecule has 1 N–H and O–H groups in total. The van der Waals surface area contributed by atoms with Crippen molar-refractivity contribution in [2.75, 3.05) is 31.1 Å². The highest BCUT2D eigenvalue weighted by molar-refractivity contribution is 6.30. The lowest BCUT2D eigenvalue weighted by molar-refractivity contribution is 0.585.